The fourth-order valence-corrected chi connectivity index (χ4v) is 8.75. The Morgan fingerprint density at radius 1 is 0.964 bits per heavy atom. The highest BCUT2D eigenvalue weighted by Gasteiger charge is 2.43. The van der Waals surface area contributed by atoms with E-state index in [9.17, 15) is 28.0 Å². The second-order valence-corrected chi connectivity index (χ2v) is 16.7. The molecule has 13 heteroatoms. The highest BCUT2D eigenvalue weighted by atomic mass is 32.2. The number of nitroso groups, excluding NO2 is 1. The molecule has 1 unspecified atom stereocenters. The molecule has 1 saturated heterocycles. The zero-order valence-corrected chi connectivity index (χ0v) is 32.7. The van der Waals surface area contributed by atoms with Crippen LogP contribution in [0.25, 0.3) is 11.3 Å². The second-order valence-electron chi connectivity index (χ2n) is 14.7. The van der Waals surface area contributed by atoms with Gasteiger partial charge in [0, 0.05) is 37.9 Å². The minimum absolute atomic E-state index is 0.0274. The van der Waals surface area contributed by atoms with Gasteiger partial charge >= 0.3 is 6.03 Å². The van der Waals surface area contributed by atoms with Crippen LogP contribution in [-0.2, 0) is 34.3 Å². The van der Waals surface area contributed by atoms with Crippen molar-refractivity contribution in [1.29, 1.82) is 0 Å². The number of hydrogen-bond donors (Lipinski definition) is 3. The first-order chi connectivity index (χ1) is 26.4. The summed E-state index contributed by atoms with van der Waals surface area (Å²) in [6.07, 6.45) is 1.36. The third-order valence-electron chi connectivity index (χ3n) is 10.2. The summed E-state index contributed by atoms with van der Waals surface area (Å²) in [5, 5.41) is 20.9. The fourth-order valence-electron chi connectivity index (χ4n) is 7.12. The Morgan fingerprint density at radius 2 is 1.67 bits per heavy atom. The number of amides is 3. The van der Waals surface area contributed by atoms with Crippen LogP contribution < -0.4 is 10.6 Å². The summed E-state index contributed by atoms with van der Waals surface area (Å²) < 4.78 is 29.3. The van der Waals surface area contributed by atoms with E-state index in [4.69, 9.17) is 0 Å². The molecule has 12 nitrogen and oxygen atoms in total. The molecule has 0 radical (unpaired) electrons. The summed E-state index contributed by atoms with van der Waals surface area (Å²) in [6, 6.07) is 27.4. The van der Waals surface area contributed by atoms with Gasteiger partial charge in [-0.2, -0.15) is 9.21 Å². The highest BCUT2D eigenvalue weighted by molar-refractivity contribution is 7.89. The number of benzene rings is 3. The van der Waals surface area contributed by atoms with E-state index >= 15 is 0 Å². The van der Waals surface area contributed by atoms with E-state index < -0.39 is 34.1 Å². The molecule has 0 spiro atoms. The standard InChI is InChI=1S/C42H52N6O6S/c1-5-30(4)40(38-25-44-42(51)48(38)27-33-14-11-15-34(22-33)36-16-9-10-21-43-36)41(50)46-37(23-31-12-7-6-8-13-31)39(49)28-47(26-29(2)3)55(53,54)35-19-17-32(18-20-35)24-45-52/h6-22,29-30,37-40,49H,5,23-28H2,1-4H3,(H,44,51)(H,46,50)/t30-,37-,38?,39+,40-/m0/s1. The van der Waals surface area contributed by atoms with Crippen molar-refractivity contribution in [2.75, 3.05) is 19.6 Å². The van der Waals surface area contributed by atoms with E-state index in [1.54, 1.807) is 23.2 Å². The van der Waals surface area contributed by atoms with Crippen LogP contribution in [0.5, 0.6) is 0 Å². The van der Waals surface area contributed by atoms with Crippen molar-refractivity contribution in [3.8, 4) is 11.3 Å². The van der Waals surface area contributed by atoms with E-state index in [1.807, 2.05) is 100 Å². The Kier molecular flexibility index (Phi) is 14.3. The Bertz CT molecular complexity index is 1980. The monoisotopic (exact) mass is 768 g/mol. The number of sulfonamides is 1. The molecule has 1 aromatic heterocycles. The molecule has 4 aromatic rings. The summed E-state index contributed by atoms with van der Waals surface area (Å²) >= 11 is 0. The smallest absolute Gasteiger partial charge is 0.318 e. The summed E-state index contributed by atoms with van der Waals surface area (Å²) in [6.45, 7) is 8.12. The van der Waals surface area contributed by atoms with Crippen molar-refractivity contribution in [1.82, 2.24) is 24.8 Å². The molecule has 0 aliphatic carbocycles. The number of carbonyl (C=O) groups is 2. The Labute approximate surface area is 324 Å². The normalized spacial score (nSPS) is 16.7. The van der Waals surface area contributed by atoms with Gasteiger partial charge in [0.25, 0.3) is 0 Å². The lowest BCUT2D eigenvalue weighted by molar-refractivity contribution is -0.130. The van der Waals surface area contributed by atoms with Crippen LogP contribution in [0.15, 0.2) is 113 Å². The lowest BCUT2D eigenvalue weighted by Gasteiger charge is -2.36. The number of nitrogens with zero attached hydrogens (tertiary/aromatic N) is 4. The number of carbonyl (C=O) groups excluding carboxylic acids is 2. The third-order valence-corrected chi connectivity index (χ3v) is 12.0. The first kappa shape index (κ1) is 41.2. The molecule has 2 heterocycles. The van der Waals surface area contributed by atoms with E-state index in [0.717, 1.165) is 22.4 Å². The zero-order valence-electron chi connectivity index (χ0n) is 31.9. The molecule has 3 N–H and O–H groups in total. The first-order valence-electron chi connectivity index (χ1n) is 18.9. The second kappa shape index (κ2) is 19.1. The predicted molar refractivity (Wildman–Crippen MR) is 213 cm³/mol. The summed E-state index contributed by atoms with van der Waals surface area (Å²) in [5.41, 5.74) is 4.08. The van der Waals surface area contributed by atoms with Gasteiger partial charge in [0.2, 0.25) is 15.9 Å². The number of nitrogens with one attached hydrogen (secondary N) is 2. The van der Waals surface area contributed by atoms with Crippen LogP contribution in [0, 0.1) is 22.7 Å². The average molecular weight is 769 g/mol. The van der Waals surface area contributed by atoms with Crippen LogP contribution in [0.4, 0.5) is 4.79 Å². The fraction of sp³-hybridized carbons (Fsp3) is 0.405. The van der Waals surface area contributed by atoms with Crippen molar-refractivity contribution in [2.45, 2.75) is 76.7 Å². The quantitative estimate of drug-likeness (QED) is 0.0986. The van der Waals surface area contributed by atoms with Gasteiger partial charge in [-0.1, -0.05) is 106 Å². The summed E-state index contributed by atoms with van der Waals surface area (Å²) in [4.78, 5) is 44.9. The first-order valence-corrected chi connectivity index (χ1v) is 20.3. The van der Waals surface area contributed by atoms with Gasteiger partial charge in [-0.25, -0.2) is 13.2 Å². The van der Waals surface area contributed by atoms with Crippen LogP contribution >= 0.6 is 0 Å². The van der Waals surface area contributed by atoms with Gasteiger partial charge in [-0.15, -0.1) is 0 Å². The van der Waals surface area contributed by atoms with Crippen molar-refractivity contribution in [2.24, 2.45) is 22.9 Å². The maximum Gasteiger partial charge on any atom is 0.318 e. The van der Waals surface area contributed by atoms with Gasteiger partial charge in [0.1, 0.15) is 6.54 Å². The lowest BCUT2D eigenvalue weighted by atomic mass is 9.83. The van der Waals surface area contributed by atoms with E-state index in [2.05, 4.69) is 20.8 Å². The Balaban J connectivity index is 1.41. The molecule has 292 valence electrons. The van der Waals surface area contributed by atoms with Gasteiger partial charge in [0.15, 0.2) is 0 Å². The number of rotatable bonds is 19. The average Bonchev–Trinajstić information content (AvgIpc) is 3.53. The molecular weight excluding hydrogens is 717 g/mol. The minimum atomic E-state index is -4.07. The molecule has 5 atom stereocenters. The van der Waals surface area contributed by atoms with Crippen molar-refractivity contribution in [3.05, 3.63) is 125 Å². The zero-order chi connectivity index (χ0) is 39.5. The molecule has 0 bridgehead atoms. The van der Waals surface area contributed by atoms with Crippen LogP contribution in [0.3, 0.4) is 0 Å². The van der Waals surface area contributed by atoms with E-state index in [-0.39, 0.29) is 67.8 Å². The van der Waals surface area contributed by atoms with E-state index in [0.29, 0.717) is 12.0 Å². The predicted octanol–water partition coefficient (Wildman–Crippen LogP) is 6.01. The number of aromatic nitrogens is 1. The summed E-state index contributed by atoms with van der Waals surface area (Å²) in [5.74, 6) is -1.16. The largest absolute Gasteiger partial charge is 0.390 e. The number of urea groups is 1. The minimum Gasteiger partial charge on any atom is -0.390 e. The molecule has 55 heavy (non-hydrogen) atoms. The topological polar surface area (TPSA) is 161 Å². The van der Waals surface area contributed by atoms with Crippen molar-refractivity contribution >= 4 is 22.0 Å². The molecule has 3 aromatic carbocycles. The molecule has 1 aliphatic rings. The Hall–Kier alpha value is -4.98. The summed E-state index contributed by atoms with van der Waals surface area (Å²) in [7, 11) is -4.07. The van der Waals surface area contributed by atoms with Crippen LogP contribution in [0.2, 0.25) is 0 Å². The molecule has 1 fully saturated rings. The molecule has 0 saturated carbocycles. The SMILES string of the molecule is CC[C@H](C)[C@H](C(=O)N[C@@H](Cc1ccccc1)[C@H](O)CN(CC(C)C)S(=O)(=O)c1ccc(CN=O)cc1)C1CNC(=O)N1Cc1cccc(-c2ccccn2)c1. The third kappa shape index (κ3) is 10.6. The number of aliphatic hydroxyl groups excluding tert-OH is 1. The van der Waals surface area contributed by atoms with Gasteiger partial charge in [-0.05, 0) is 65.3 Å². The number of pyridine rings is 1. The molecule has 5 rings (SSSR count). The number of aliphatic hydroxyl groups is 1. The van der Waals surface area contributed by atoms with Crippen LogP contribution in [-0.4, -0.2) is 77.5 Å². The highest BCUT2D eigenvalue weighted by Crippen LogP contribution is 2.29. The molecule has 1 aliphatic heterocycles. The van der Waals surface area contributed by atoms with Crippen molar-refractivity contribution < 1.29 is 23.1 Å². The van der Waals surface area contributed by atoms with Gasteiger partial charge in [0.05, 0.1) is 34.7 Å². The maximum absolute atomic E-state index is 14.6. The lowest BCUT2D eigenvalue weighted by Crippen LogP contribution is -2.55. The Morgan fingerprint density at radius 3 is 2.33 bits per heavy atom. The van der Waals surface area contributed by atoms with E-state index in [1.165, 1.54) is 16.4 Å². The van der Waals surface area contributed by atoms with Gasteiger partial charge < -0.3 is 20.6 Å². The van der Waals surface area contributed by atoms with Crippen molar-refractivity contribution in [3.63, 3.8) is 0 Å². The van der Waals surface area contributed by atoms with Gasteiger partial charge in [-0.3, -0.25) is 9.78 Å². The molecular formula is C42H52N6O6S. The molecule has 3 amide bonds. The van der Waals surface area contributed by atoms with Crippen LogP contribution in [0.1, 0.15) is 50.8 Å². The number of hydrogen-bond acceptors (Lipinski definition) is 8. The maximum atomic E-state index is 14.6.